The van der Waals surface area contributed by atoms with Crippen LogP contribution in [0.15, 0.2) is 73.1 Å². The number of benzene rings is 2. The van der Waals surface area contributed by atoms with Crippen LogP contribution in [0.25, 0.3) is 0 Å². The molecule has 4 heteroatoms. The molecule has 0 unspecified atom stereocenters. The summed E-state index contributed by atoms with van der Waals surface area (Å²) in [6, 6.07) is 19.8. The van der Waals surface area contributed by atoms with Crippen molar-refractivity contribution in [2.75, 3.05) is 5.32 Å². The van der Waals surface area contributed by atoms with Crippen molar-refractivity contribution in [3.63, 3.8) is 0 Å². The predicted molar refractivity (Wildman–Crippen MR) is 117 cm³/mol. The molecule has 0 bridgehead atoms. The Balaban J connectivity index is 1.55. The minimum Gasteiger partial charge on any atom is -0.481 e. The summed E-state index contributed by atoms with van der Waals surface area (Å²) in [6.07, 6.45) is 3.83. The number of hydrogen-bond acceptors (Lipinski definition) is 3. The highest BCUT2D eigenvalue weighted by Gasteiger charge is 2.17. The number of aromatic nitrogens is 1. The van der Waals surface area contributed by atoms with Gasteiger partial charge in [-0.3, -0.25) is 9.78 Å². The quantitative estimate of drug-likeness (QED) is 0.617. The molecule has 0 spiro atoms. The van der Waals surface area contributed by atoms with E-state index in [9.17, 15) is 4.79 Å². The maximum absolute atomic E-state index is 12.5. The highest BCUT2D eigenvalue weighted by molar-refractivity contribution is 5.94. The molecule has 0 fully saturated rings. The molecule has 0 aliphatic carbocycles. The molecule has 1 atom stereocenters. The fraction of sp³-hybridized carbons (Fsp3) is 0.280. The molecule has 4 nitrogen and oxygen atoms in total. The molecule has 0 aliphatic heterocycles. The standard InChI is InChI=1S/C25H28N2O2/c1-18(29-23-11-7-21(8-12-23)25(2,3)4)24(28)27-22-9-5-19(6-10-22)17-20-13-15-26-16-14-20/h5-16,18H,17H2,1-4H3,(H,27,28)/t18-/m1/s1. The Bertz CT molecular complexity index is 927. The normalized spacial score (nSPS) is 12.3. The zero-order valence-corrected chi connectivity index (χ0v) is 17.5. The fourth-order valence-electron chi connectivity index (χ4n) is 2.98. The highest BCUT2D eigenvalue weighted by atomic mass is 16.5. The Labute approximate surface area is 173 Å². The minimum atomic E-state index is -0.591. The average molecular weight is 389 g/mol. The fourth-order valence-corrected chi connectivity index (χ4v) is 2.98. The van der Waals surface area contributed by atoms with E-state index in [0.29, 0.717) is 5.75 Å². The summed E-state index contributed by atoms with van der Waals surface area (Å²) >= 11 is 0. The van der Waals surface area contributed by atoms with Crippen LogP contribution in [0.2, 0.25) is 0 Å². The van der Waals surface area contributed by atoms with Gasteiger partial charge >= 0.3 is 0 Å². The Kier molecular flexibility index (Phi) is 6.32. The van der Waals surface area contributed by atoms with E-state index >= 15 is 0 Å². The van der Waals surface area contributed by atoms with Gasteiger partial charge in [0.25, 0.3) is 5.91 Å². The van der Waals surface area contributed by atoms with Crippen LogP contribution < -0.4 is 10.1 Å². The summed E-state index contributed by atoms with van der Waals surface area (Å²) in [6.45, 7) is 8.26. The third-order valence-corrected chi connectivity index (χ3v) is 4.78. The van der Waals surface area contributed by atoms with E-state index in [2.05, 4.69) is 31.1 Å². The summed E-state index contributed by atoms with van der Waals surface area (Å²) in [5.41, 5.74) is 4.46. The minimum absolute atomic E-state index is 0.0884. The van der Waals surface area contributed by atoms with Crippen molar-refractivity contribution >= 4 is 11.6 Å². The van der Waals surface area contributed by atoms with Crippen LogP contribution >= 0.6 is 0 Å². The second kappa shape index (κ2) is 8.91. The predicted octanol–water partition coefficient (Wildman–Crippen LogP) is 5.38. The van der Waals surface area contributed by atoms with Crippen LogP contribution in [0, 0.1) is 0 Å². The number of carbonyl (C=O) groups excluding carboxylic acids is 1. The van der Waals surface area contributed by atoms with Gasteiger partial charge in [0.2, 0.25) is 0 Å². The van der Waals surface area contributed by atoms with Crippen molar-refractivity contribution in [1.29, 1.82) is 0 Å². The zero-order valence-electron chi connectivity index (χ0n) is 17.5. The largest absolute Gasteiger partial charge is 0.481 e. The molecular formula is C25H28N2O2. The summed E-state index contributed by atoms with van der Waals surface area (Å²) < 4.78 is 5.80. The van der Waals surface area contributed by atoms with E-state index in [1.165, 1.54) is 16.7 Å². The van der Waals surface area contributed by atoms with E-state index in [-0.39, 0.29) is 11.3 Å². The van der Waals surface area contributed by atoms with E-state index in [4.69, 9.17) is 4.74 Å². The first-order valence-corrected chi connectivity index (χ1v) is 9.87. The van der Waals surface area contributed by atoms with Crippen molar-refractivity contribution in [3.8, 4) is 5.75 Å². The Hall–Kier alpha value is -3.14. The number of amides is 1. The van der Waals surface area contributed by atoms with Gasteiger partial charge in [0.05, 0.1) is 0 Å². The molecule has 29 heavy (non-hydrogen) atoms. The monoisotopic (exact) mass is 388 g/mol. The van der Waals surface area contributed by atoms with Crippen LogP contribution in [-0.2, 0) is 16.6 Å². The van der Waals surface area contributed by atoms with Crippen LogP contribution in [0.3, 0.4) is 0 Å². The molecule has 2 aromatic carbocycles. The summed E-state index contributed by atoms with van der Waals surface area (Å²) in [5.74, 6) is 0.514. The third-order valence-electron chi connectivity index (χ3n) is 4.78. The second-order valence-corrected chi connectivity index (χ2v) is 8.25. The van der Waals surface area contributed by atoms with Crippen molar-refractivity contribution in [2.45, 2.75) is 45.6 Å². The summed E-state index contributed by atoms with van der Waals surface area (Å²) in [7, 11) is 0. The molecule has 1 aromatic heterocycles. The SMILES string of the molecule is C[C@@H](Oc1ccc(C(C)(C)C)cc1)C(=O)Nc1ccc(Cc2ccncc2)cc1. The van der Waals surface area contributed by atoms with Gasteiger partial charge in [-0.1, -0.05) is 45.0 Å². The smallest absolute Gasteiger partial charge is 0.265 e. The van der Waals surface area contributed by atoms with Crippen molar-refractivity contribution in [3.05, 3.63) is 89.7 Å². The van der Waals surface area contributed by atoms with E-state index in [1.807, 2.05) is 60.7 Å². The lowest BCUT2D eigenvalue weighted by atomic mass is 9.87. The highest BCUT2D eigenvalue weighted by Crippen LogP contribution is 2.24. The molecule has 0 radical (unpaired) electrons. The number of anilines is 1. The molecule has 1 N–H and O–H groups in total. The molecule has 3 rings (SSSR count). The molecular weight excluding hydrogens is 360 g/mol. The lowest BCUT2D eigenvalue weighted by Crippen LogP contribution is -2.30. The van der Waals surface area contributed by atoms with Gasteiger partial charge < -0.3 is 10.1 Å². The van der Waals surface area contributed by atoms with Crippen LogP contribution in [0.5, 0.6) is 5.75 Å². The summed E-state index contributed by atoms with van der Waals surface area (Å²) in [4.78, 5) is 16.5. The number of nitrogens with zero attached hydrogens (tertiary/aromatic N) is 1. The number of nitrogens with one attached hydrogen (secondary N) is 1. The Morgan fingerprint density at radius 3 is 2.10 bits per heavy atom. The molecule has 0 saturated carbocycles. The zero-order chi connectivity index (χ0) is 20.9. The van der Waals surface area contributed by atoms with Gasteiger partial charge in [-0.05, 0) is 71.8 Å². The number of hydrogen-bond donors (Lipinski definition) is 1. The Morgan fingerprint density at radius 2 is 1.52 bits per heavy atom. The lowest BCUT2D eigenvalue weighted by molar-refractivity contribution is -0.122. The Morgan fingerprint density at radius 1 is 0.931 bits per heavy atom. The summed E-state index contributed by atoms with van der Waals surface area (Å²) in [5, 5.41) is 2.91. The van der Waals surface area contributed by atoms with Gasteiger partial charge in [-0.25, -0.2) is 0 Å². The first kappa shape index (κ1) is 20.6. The van der Waals surface area contributed by atoms with Crippen LogP contribution in [0.1, 0.15) is 44.4 Å². The van der Waals surface area contributed by atoms with Crippen molar-refractivity contribution in [1.82, 2.24) is 4.98 Å². The van der Waals surface area contributed by atoms with Gasteiger partial charge in [-0.2, -0.15) is 0 Å². The molecule has 0 aliphatic rings. The molecule has 150 valence electrons. The second-order valence-electron chi connectivity index (χ2n) is 8.25. The molecule has 1 heterocycles. The van der Waals surface area contributed by atoms with Crippen LogP contribution in [-0.4, -0.2) is 17.0 Å². The maximum atomic E-state index is 12.5. The maximum Gasteiger partial charge on any atom is 0.265 e. The van der Waals surface area contributed by atoms with Crippen LogP contribution in [0.4, 0.5) is 5.69 Å². The van der Waals surface area contributed by atoms with Gasteiger partial charge in [0.1, 0.15) is 5.75 Å². The van der Waals surface area contributed by atoms with Crippen molar-refractivity contribution in [2.24, 2.45) is 0 Å². The first-order valence-electron chi connectivity index (χ1n) is 9.87. The average Bonchev–Trinajstić information content (AvgIpc) is 2.70. The van der Waals surface area contributed by atoms with Crippen molar-refractivity contribution < 1.29 is 9.53 Å². The molecule has 3 aromatic rings. The van der Waals surface area contributed by atoms with Gasteiger partial charge in [0, 0.05) is 18.1 Å². The number of carbonyl (C=O) groups is 1. The van der Waals surface area contributed by atoms with E-state index in [0.717, 1.165) is 12.1 Å². The lowest BCUT2D eigenvalue weighted by Gasteiger charge is -2.20. The third kappa shape index (κ3) is 5.92. The van der Waals surface area contributed by atoms with Gasteiger partial charge in [0.15, 0.2) is 6.10 Å². The van der Waals surface area contributed by atoms with Gasteiger partial charge in [-0.15, -0.1) is 0 Å². The molecule has 1 amide bonds. The topological polar surface area (TPSA) is 51.2 Å². The van der Waals surface area contributed by atoms with E-state index in [1.54, 1.807) is 19.3 Å². The molecule has 0 saturated heterocycles. The van der Waals surface area contributed by atoms with E-state index < -0.39 is 6.10 Å². The number of rotatable bonds is 6. The number of ether oxygens (including phenoxy) is 1. The number of pyridine rings is 1. The first-order chi connectivity index (χ1) is 13.8.